The number of benzene rings is 1. The molecule has 1 aromatic rings. The van der Waals surface area contributed by atoms with Crippen molar-refractivity contribution in [2.45, 2.75) is 50.0 Å². The number of alkyl halides is 1. The van der Waals surface area contributed by atoms with E-state index in [0.29, 0.717) is 51.4 Å². The fourth-order valence-corrected chi connectivity index (χ4v) is 4.35. The first-order valence-corrected chi connectivity index (χ1v) is 11.0. The van der Waals surface area contributed by atoms with E-state index in [2.05, 4.69) is 5.32 Å². The van der Waals surface area contributed by atoms with Crippen LogP contribution in [0.25, 0.3) is 0 Å². The van der Waals surface area contributed by atoms with Gasteiger partial charge in [-0.05, 0) is 31.0 Å². The highest BCUT2D eigenvalue weighted by atomic mass is 35.5. The van der Waals surface area contributed by atoms with E-state index in [4.69, 9.17) is 19.9 Å². The number of carbonyl (C=O) groups excluding carboxylic acids is 3. The molecule has 0 aromatic heterocycles. The summed E-state index contributed by atoms with van der Waals surface area (Å²) >= 11 is 0. The van der Waals surface area contributed by atoms with E-state index in [1.54, 1.807) is 0 Å². The highest BCUT2D eigenvalue weighted by Gasteiger charge is 2.45. The molecule has 0 aliphatic carbocycles. The molecule has 3 aliphatic heterocycles. The molecule has 1 aromatic carbocycles. The fraction of sp³-hybridized carbons (Fsp3) is 0.591. The van der Waals surface area contributed by atoms with E-state index < -0.39 is 54.3 Å². The number of urea groups is 1. The molecule has 3 saturated heterocycles. The second-order valence-electron chi connectivity index (χ2n) is 8.46. The summed E-state index contributed by atoms with van der Waals surface area (Å²) in [6.45, 7) is 1.73. The molecule has 4 rings (SSSR count). The van der Waals surface area contributed by atoms with Crippen LogP contribution in [0.1, 0.15) is 37.3 Å². The number of halogens is 3. The van der Waals surface area contributed by atoms with Crippen molar-refractivity contribution >= 4 is 30.3 Å². The quantitative estimate of drug-likeness (QED) is 0.546. The average molecular weight is 504 g/mol. The minimum atomic E-state index is -1.92. The van der Waals surface area contributed by atoms with Crippen molar-refractivity contribution in [3.8, 4) is 5.75 Å². The number of imide groups is 2. The van der Waals surface area contributed by atoms with Crippen LogP contribution in [0, 0.1) is 11.7 Å². The number of rotatable bonds is 7. The summed E-state index contributed by atoms with van der Waals surface area (Å²) in [5, 5.41) is 2.13. The Morgan fingerprint density at radius 1 is 1.15 bits per heavy atom. The van der Waals surface area contributed by atoms with Gasteiger partial charge in [-0.2, -0.15) is 0 Å². The molecule has 0 spiro atoms. The molecule has 1 unspecified atom stereocenters. The van der Waals surface area contributed by atoms with Gasteiger partial charge in [0.2, 0.25) is 11.8 Å². The molecule has 3 N–H and O–H groups in total. The standard InChI is InChI=1S/C22H27F2N3O6.ClH/c23-17-2-1-13(33-14-5-8-32-11-14)9-15(17)19(25)18(24)10-16-20(28)26-22(30)27(21(16)29)12-3-6-31-7-4-12;/h1-2,9,12,14,16,18-19H,3-8,10-11,25H2,(H,26,28,30);1H/t14-,16?,18+,19+;/m1./s1. The van der Waals surface area contributed by atoms with Gasteiger partial charge in [0.15, 0.2) is 0 Å². The molecule has 3 aliphatic rings. The minimum Gasteiger partial charge on any atom is -0.488 e. The smallest absolute Gasteiger partial charge is 0.331 e. The lowest BCUT2D eigenvalue weighted by atomic mass is 9.91. The Morgan fingerprint density at radius 2 is 1.85 bits per heavy atom. The Kier molecular flexibility index (Phi) is 8.80. The number of barbiturate groups is 1. The molecule has 188 valence electrons. The van der Waals surface area contributed by atoms with Crippen LogP contribution in [-0.2, 0) is 19.1 Å². The number of nitrogens with zero attached hydrogens (tertiary/aromatic N) is 1. The molecule has 12 heteroatoms. The first-order chi connectivity index (χ1) is 15.8. The minimum absolute atomic E-state index is 0. The second-order valence-corrected chi connectivity index (χ2v) is 8.46. The van der Waals surface area contributed by atoms with Crippen LogP contribution >= 0.6 is 12.4 Å². The Balaban J connectivity index is 0.00000324. The molecule has 3 heterocycles. The lowest BCUT2D eigenvalue weighted by Crippen LogP contribution is -2.62. The number of hydrogen-bond acceptors (Lipinski definition) is 7. The van der Waals surface area contributed by atoms with Gasteiger partial charge >= 0.3 is 6.03 Å². The monoisotopic (exact) mass is 503 g/mol. The highest BCUT2D eigenvalue weighted by Crippen LogP contribution is 2.31. The normalized spacial score (nSPS) is 25.5. The van der Waals surface area contributed by atoms with E-state index >= 15 is 4.39 Å². The van der Waals surface area contributed by atoms with Gasteiger partial charge in [-0.25, -0.2) is 13.6 Å². The maximum Gasteiger partial charge on any atom is 0.331 e. The first-order valence-electron chi connectivity index (χ1n) is 11.0. The van der Waals surface area contributed by atoms with Gasteiger partial charge in [0.05, 0.1) is 19.3 Å². The summed E-state index contributed by atoms with van der Waals surface area (Å²) < 4.78 is 45.9. The molecule has 4 amide bonds. The summed E-state index contributed by atoms with van der Waals surface area (Å²) in [4.78, 5) is 38.5. The van der Waals surface area contributed by atoms with E-state index in [0.717, 1.165) is 11.0 Å². The number of nitrogens with two attached hydrogens (primary N) is 1. The second kappa shape index (κ2) is 11.4. The first kappa shape index (κ1) is 26.3. The Bertz CT molecular complexity index is 911. The van der Waals surface area contributed by atoms with Gasteiger partial charge in [-0.3, -0.25) is 19.8 Å². The van der Waals surface area contributed by atoms with Crippen molar-refractivity contribution in [1.82, 2.24) is 10.2 Å². The summed E-state index contributed by atoms with van der Waals surface area (Å²) in [5.41, 5.74) is 5.87. The van der Waals surface area contributed by atoms with Crippen LogP contribution in [0.2, 0.25) is 0 Å². The summed E-state index contributed by atoms with van der Waals surface area (Å²) in [5.74, 6) is -3.50. The van der Waals surface area contributed by atoms with Crippen LogP contribution in [0.4, 0.5) is 13.6 Å². The van der Waals surface area contributed by atoms with Gasteiger partial charge in [0.25, 0.3) is 0 Å². The SMILES string of the molecule is Cl.N[C@@H](c1cc(O[C@@H]2CCOC2)ccc1F)[C@@H](F)CC1C(=O)NC(=O)N(C2CCOCC2)C1=O. The van der Waals surface area contributed by atoms with E-state index in [1.807, 2.05) is 0 Å². The van der Waals surface area contributed by atoms with Crippen LogP contribution in [0.3, 0.4) is 0 Å². The summed E-state index contributed by atoms with van der Waals surface area (Å²) in [7, 11) is 0. The number of nitrogens with one attached hydrogen (secondary N) is 1. The third kappa shape index (κ3) is 5.65. The molecule has 34 heavy (non-hydrogen) atoms. The van der Waals surface area contributed by atoms with Crippen molar-refractivity contribution in [3.63, 3.8) is 0 Å². The van der Waals surface area contributed by atoms with Gasteiger partial charge in [-0.1, -0.05) is 0 Å². The summed E-state index contributed by atoms with van der Waals surface area (Å²) in [6, 6.07) is 1.19. The molecule has 4 atom stereocenters. The largest absolute Gasteiger partial charge is 0.488 e. The predicted octanol–water partition coefficient (Wildman–Crippen LogP) is 2.02. The number of carbonyl (C=O) groups is 3. The Hall–Kier alpha value is -2.34. The van der Waals surface area contributed by atoms with E-state index in [9.17, 15) is 18.8 Å². The van der Waals surface area contributed by atoms with Crippen LogP contribution in [0.15, 0.2) is 18.2 Å². The maximum atomic E-state index is 15.2. The molecule has 0 bridgehead atoms. The zero-order valence-corrected chi connectivity index (χ0v) is 19.2. The predicted molar refractivity (Wildman–Crippen MR) is 118 cm³/mol. The lowest BCUT2D eigenvalue weighted by Gasteiger charge is -2.37. The number of hydrogen-bond donors (Lipinski definition) is 2. The topological polar surface area (TPSA) is 120 Å². The fourth-order valence-electron chi connectivity index (χ4n) is 4.35. The molecule has 3 fully saturated rings. The Morgan fingerprint density at radius 3 is 2.53 bits per heavy atom. The highest BCUT2D eigenvalue weighted by molar-refractivity contribution is 6.16. The van der Waals surface area contributed by atoms with Crippen molar-refractivity contribution in [3.05, 3.63) is 29.6 Å². The van der Waals surface area contributed by atoms with Crippen molar-refractivity contribution in [2.75, 3.05) is 26.4 Å². The molecule has 0 radical (unpaired) electrons. The van der Waals surface area contributed by atoms with E-state index in [-0.39, 0.29) is 24.1 Å². The van der Waals surface area contributed by atoms with Gasteiger partial charge < -0.3 is 19.9 Å². The molecule has 0 saturated carbocycles. The van der Waals surface area contributed by atoms with Crippen molar-refractivity contribution in [1.29, 1.82) is 0 Å². The van der Waals surface area contributed by atoms with Crippen molar-refractivity contribution < 1.29 is 37.4 Å². The number of ether oxygens (including phenoxy) is 3. The number of amides is 4. The zero-order valence-electron chi connectivity index (χ0n) is 18.4. The molecular formula is C22H28ClF2N3O6. The molecular weight excluding hydrogens is 476 g/mol. The third-order valence-electron chi connectivity index (χ3n) is 6.22. The van der Waals surface area contributed by atoms with E-state index in [1.165, 1.54) is 12.1 Å². The van der Waals surface area contributed by atoms with Gasteiger partial charge in [-0.15, -0.1) is 12.4 Å². The van der Waals surface area contributed by atoms with Gasteiger partial charge in [0, 0.05) is 37.7 Å². The lowest BCUT2D eigenvalue weighted by molar-refractivity contribution is -0.146. The molecule has 9 nitrogen and oxygen atoms in total. The zero-order chi connectivity index (χ0) is 23.5. The maximum absolute atomic E-state index is 15.2. The summed E-state index contributed by atoms with van der Waals surface area (Å²) in [6.07, 6.45) is -1.14. The average Bonchev–Trinajstić information content (AvgIpc) is 3.31. The van der Waals surface area contributed by atoms with Gasteiger partial charge in [0.1, 0.15) is 29.8 Å². The third-order valence-corrected chi connectivity index (χ3v) is 6.22. The van der Waals surface area contributed by atoms with Crippen LogP contribution < -0.4 is 15.8 Å². The van der Waals surface area contributed by atoms with Crippen molar-refractivity contribution in [2.24, 2.45) is 11.7 Å². The van der Waals surface area contributed by atoms with Crippen LogP contribution in [-0.4, -0.2) is 67.5 Å². The van der Waals surface area contributed by atoms with Crippen LogP contribution in [0.5, 0.6) is 5.75 Å². The Labute approximate surface area is 201 Å².